The zero-order valence-corrected chi connectivity index (χ0v) is 21.7. The van der Waals surface area contributed by atoms with Crippen molar-refractivity contribution in [1.29, 1.82) is 0 Å². The molecule has 0 aliphatic heterocycles. The smallest absolute Gasteiger partial charge is 0.276 e. The van der Waals surface area contributed by atoms with Crippen LogP contribution in [0.25, 0.3) is 0 Å². The van der Waals surface area contributed by atoms with Gasteiger partial charge < -0.3 is 4.74 Å². The highest BCUT2D eigenvalue weighted by Crippen LogP contribution is 2.31. The molecule has 2 rings (SSSR count). The van der Waals surface area contributed by atoms with E-state index in [1.807, 2.05) is 30.3 Å². The molecule has 0 atom stereocenters. The fourth-order valence-corrected chi connectivity index (χ4v) is 3.36. The van der Waals surface area contributed by atoms with E-state index in [9.17, 15) is 9.59 Å². The van der Waals surface area contributed by atoms with Crippen LogP contribution in [0.2, 0.25) is 0 Å². The van der Waals surface area contributed by atoms with Crippen LogP contribution in [0.3, 0.4) is 0 Å². The van der Waals surface area contributed by atoms with Crippen LogP contribution < -0.4 is 20.9 Å². The molecule has 0 saturated heterocycles. The summed E-state index contributed by atoms with van der Waals surface area (Å²) in [6.45, 7) is 12.5. The highest BCUT2D eigenvalue weighted by molar-refractivity contribution is 9.10. The maximum absolute atomic E-state index is 12.3. The van der Waals surface area contributed by atoms with Crippen molar-refractivity contribution in [3.63, 3.8) is 0 Å². The summed E-state index contributed by atoms with van der Waals surface area (Å²) in [6.07, 6.45) is 0. The van der Waals surface area contributed by atoms with E-state index >= 15 is 0 Å². The number of amides is 2. The van der Waals surface area contributed by atoms with Gasteiger partial charge in [-0.05, 0) is 74.4 Å². The van der Waals surface area contributed by atoms with Gasteiger partial charge in [-0.1, -0.05) is 59.7 Å². The Hall–Kier alpha value is -2.45. The molecule has 172 valence electrons. The molecule has 6 nitrogen and oxygen atoms in total. The lowest BCUT2D eigenvalue weighted by atomic mass is 9.87. The van der Waals surface area contributed by atoms with Crippen LogP contribution in [-0.4, -0.2) is 23.5 Å². The number of nitrogens with one attached hydrogen (secondary N) is 3. The van der Waals surface area contributed by atoms with Gasteiger partial charge in [0.15, 0.2) is 11.7 Å². The Labute approximate surface area is 203 Å². The van der Waals surface area contributed by atoms with Gasteiger partial charge in [0.1, 0.15) is 5.75 Å². The highest BCUT2D eigenvalue weighted by Gasteiger charge is 2.17. The average Bonchev–Trinajstić information content (AvgIpc) is 2.70. The number of benzene rings is 2. The first-order valence-corrected chi connectivity index (χ1v) is 11.4. The largest absolute Gasteiger partial charge is 0.483 e. The second kappa shape index (κ2) is 10.4. The van der Waals surface area contributed by atoms with Gasteiger partial charge in [0.05, 0.1) is 4.47 Å². The van der Waals surface area contributed by atoms with Gasteiger partial charge in [-0.25, -0.2) is 0 Å². The molecule has 32 heavy (non-hydrogen) atoms. The van der Waals surface area contributed by atoms with E-state index in [1.54, 1.807) is 12.1 Å². The third-order valence-electron chi connectivity index (χ3n) is 4.71. The Bertz CT molecular complexity index is 993. The molecule has 0 spiro atoms. The first-order chi connectivity index (χ1) is 14.8. The zero-order valence-electron chi connectivity index (χ0n) is 19.3. The van der Waals surface area contributed by atoms with Crippen LogP contribution in [0.4, 0.5) is 0 Å². The number of ether oxygens (including phenoxy) is 1. The summed E-state index contributed by atoms with van der Waals surface area (Å²) < 4.78 is 6.33. The molecule has 0 aliphatic carbocycles. The van der Waals surface area contributed by atoms with Gasteiger partial charge in [-0.3, -0.25) is 25.8 Å². The maximum Gasteiger partial charge on any atom is 0.276 e. The SMILES string of the molecule is CC(C)(C)c1ccc(C(=O)NC(=S)NNC(=O)COc2ccc(C(C)(C)C)cc2Br)cc1. The lowest BCUT2D eigenvalue weighted by molar-refractivity contribution is -0.123. The minimum absolute atomic E-state index is 0.00241. The molecule has 2 aromatic carbocycles. The monoisotopic (exact) mass is 519 g/mol. The van der Waals surface area contributed by atoms with Crippen molar-refractivity contribution in [2.24, 2.45) is 0 Å². The Morgan fingerprint density at radius 2 is 1.47 bits per heavy atom. The standard InChI is InChI=1S/C24H30BrN3O3S/c1-23(2,3)16-9-7-15(8-10-16)21(30)26-22(32)28-27-20(29)14-31-19-12-11-17(13-18(19)25)24(4,5)6/h7-13H,14H2,1-6H3,(H,27,29)(H2,26,28,30,32). The summed E-state index contributed by atoms with van der Waals surface area (Å²) in [5, 5.41) is 2.52. The Balaban J connectivity index is 1.80. The van der Waals surface area contributed by atoms with Gasteiger partial charge in [-0.2, -0.15) is 0 Å². The summed E-state index contributed by atoms with van der Waals surface area (Å²) in [4.78, 5) is 24.4. The highest BCUT2D eigenvalue weighted by atomic mass is 79.9. The quantitative estimate of drug-likeness (QED) is 0.400. The van der Waals surface area contributed by atoms with Gasteiger partial charge in [-0.15, -0.1) is 0 Å². The van der Waals surface area contributed by atoms with Crippen molar-refractivity contribution in [2.75, 3.05) is 6.61 Å². The topological polar surface area (TPSA) is 79.5 Å². The molecule has 0 bridgehead atoms. The minimum atomic E-state index is -0.442. The predicted octanol–water partition coefficient (Wildman–Crippen LogP) is 4.76. The molecule has 0 unspecified atom stereocenters. The predicted molar refractivity (Wildman–Crippen MR) is 135 cm³/mol. The van der Waals surface area contributed by atoms with E-state index in [-0.39, 0.29) is 28.5 Å². The lowest BCUT2D eigenvalue weighted by Crippen LogP contribution is -2.49. The molecule has 2 amide bonds. The van der Waals surface area contributed by atoms with Gasteiger partial charge in [0.25, 0.3) is 11.8 Å². The molecule has 0 aromatic heterocycles. The van der Waals surface area contributed by atoms with Crippen LogP contribution in [0.15, 0.2) is 46.9 Å². The fraction of sp³-hybridized carbons (Fsp3) is 0.375. The van der Waals surface area contributed by atoms with Crippen LogP contribution in [0, 0.1) is 0 Å². The Morgan fingerprint density at radius 1 is 0.906 bits per heavy atom. The van der Waals surface area contributed by atoms with Crippen LogP contribution >= 0.6 is 28.1 Å². The molecule has 0 aliphatic rings. The second-order valence-corrected chi connectivity index (χ2v) is 10.7. The molecule has 2 aromatic rings. The number of hydrogen-bond acceptors (Lipinski definition) is 4. The first kappa shape index (κ1) is 25.8. The summed E-state index contributed by atoms with van der Waals surface area (Å²) in [5.74, 6) is -0.248. The van der Waals surface area contributed by atoms with E-state index in [1.165, 1.54) is 0 Å². The Kier molecular flexibility index (Phi) is 8.42. The number of hydrogen-bond donors (Lipinski definition) is 3. The van der Waals surface area contributed by atoms with Crippen molar-refractivity contribution < 1.29 is 14.3 Å². The van der Waals surface area contributed by atoms with Gasteiger partial charge in [0, 0.05) is 5.56 Å². The first-order valence-electron chi connectivity index (χ1n) is 10.2. The molecular weight excluding hydrogens is 490 g/mol. The van der Waals surface area contributed by atoms with Gasteiger partial charge in [0.2, 0.25) is 0 Å². The Morgan fingerprint density at radius 3 is 2.00 bits per heavy atom. The number of carbonyl (C=O) groups excluding carboxylic acids is 2. The summed E-state index contributed by atoms with van der Waals surface area (Å²) >= 11 is 8.55. The maximum atomic E-state index is 12.3. The number of rotatable bonds is 4. The molecule has 0 radical (unpaired) electrons. The molecule has 0 heterocycles. The lowest BCUT2D eigenvalue weighted by Gasteiger charge is -2.20. The zero-order chi connectivity index (χ0) is 24.1. The van der Waals surface area contributed by atoms with E-state index in [2.05, 4.69) is 73.6 Å². The van der Waals surface area contributed by atoms with Gasteiger partial charge >= 0.3 is 0 Å². The van der Waals surface area contributed by atoms with Crippen molar-refractivity contribution in [1.82, 2.24) is 16.2 Å². The van der Waals surface area contributed by atoms with Crippen molar-refractivity contribution >= 4 is 45.1 Å². The fourth-order valence-electron chi connectivity index (χ4n) is 2.72. The number of carbonyl (C=O) groups is 2. The van der Waals surface area contributed by atoms with Crippen molar-refractivity contribution in [2.45, 2.75) is 52.4 Å². The van der Waals surface area contributed by atoms with Crippen molar-refractivity contribution in [3.05, 3.63) is 63.6 Å². The third kappa shape index (κ3) is 7.60. The van der Waals surface area contributed by atoms with E-state index < -0.39 is 5.91 Å². The van der Waals surface area contributed by atoms with E-state index in [0.29, 0.717) is 11.3 Å². The third-order valence-corrected chi connectivity index (χ3v) is 5.54. The summed E-state index contributed by atoms with van der Waals surface area (Å²) in [6, 6.07) is 13.1. The number of hydrazine groups is 1. The summed E-state index contributed by atoms with van der Waals surface area (Å²) in [5.41, 5.74) is 7.68. The van der Waals surface area contributed by atoms with Crippen LogP contribution in [-0.2, 0) is 15.6 Å². The number of thiocarbonyl (C=S) groups is 1. The molecule has 3 N–H and O–H groups in total. The summed E-state index contributed by atoms with van der Waals surface area (Å²) in [7, 11) is 0. The molecule has 0 saturated carbocycles. The molecular formula is C24H30BrN3O3S. The second-order valence-electron chi connectivity index (χ2n) is 9.47. The molecule has 0 fully saturated rings. The molecule has 8 heteroatoms. The van der Waals surface area contributed by atoms with E-state index in [0.717, 1.165) is 15.6 Å². The minimum Gasteiger partial charge on any atom is -0.483 e. The normalized spacial score (nSPS) is 11.5. The van der Waals surface area contributed by atoms with Crippen LogP contribution in [0.5, 0.6) is 5.75 Å². The van der Waals surface area contributed by atoms with E-state index in [4.69, 9.17) is 17.0 Å². The van der Waals surface area contributed by atoms with Crippen molar-refractivity contribution in [3.8, 4) is 5.75 Å². The van der Waals surface area contributed by atoms with Crippen LogP contribution in [0.1, 0.15) is 63.0 Å². The average molecular weight is 520 g/mol. The number of halogens is 1.